The largest absolute Gasteiger partial charge is 0.449 e. The minimum Gasteiger partial charge on any atom is -0.449 e. The van der Waals surface area contributed by atoms with Crippen LogP contribution in [0, 0.1) is 46.3 Å². The second-order valence-corrected chi connectivity index (χ2v) is 15.1. The summed E-state index contributed by atoms with van der Waals surface area (Å²) in [7, 11) is -3.94. The molecule has 218 valence electrons. The molecule has 0 bridgehead atoms. The number of benzene rings is 1. The molecule has 0 spiro atoms. The molecule has 0 aromatic heterocycles. The number of fused-ring (bicyclic) bond motifs is 5. The lowest BCUT2D eigenvalue weighted by molar-refractivity contribution is -0.202. The fourth-order valence-electron chi connectivity index (χ4n) is 9.83. The molecular weight excluding hydrogens is 514 g/mol. The average molecular weight is 562 g/mol. The quantitative estimate of drug-likeness (QED) is 0.379. The Morgan fingerprint density at radius 1 is 1.00 bits per heavy atom. The van der Waals surface area contributed by atoms with E-state index in [1.165, 1.54) is 12.1 Å². The predicted octanol–water partition coefficient (Wildman–Crippen LogP) is 5.51. The fraction of sp³-hybridized carbons (Fsp3) is 0.774. The van der Waals surface area contributed by atoms with Gasteiger partial charge in [0.25, 0.3) is 10.0 Å². The summed E-state index contributed by atoms with van der Waals surface area (Å²) >= 11 is 0. The van der Waals surface area contributed by atoms with Gasteiger partial charge in [0, 0.05) is 0 Å². The van der Waals surface area contributed by atoms with E-state index in [0.29, 0.717) is 36.0 Å². The van der Waals surface area contributed by atoms with Crippen LogP contribution >= 0.6 is 0 Å². The number of ether oxygens (including phenoxy) is 1. The van der Waals surface area contributed by atoms with E-state index in [0.717, 1.165) is 57.8 Å². The Kier molecular flexibility index (Phi) is 8.13. The van der Waals surface area contributed by atoms with Crippen molar-refractivity contribution in [3.05, 3.63) is 30.3 Å². The predicted molar refractivity (Wildman–Crippen MR) is 149 cm³/mol. The van der Waals surface area contributed by atoms with Crippen molar-refractivity contribution >= 4 is 16.1 Å². The van der Waals surface area contributed by atoms with E-state index in [-0.39, 0.29) is 40.5 Å². The number of aliphatic hydroxyl groups is 2. The van der Waals surface area contributed by atoms with Gasteiger partial charge in [-0.15, -0.1) is 0 Å². The van der Waals surface area contributed by atoms with Gasteiger partial charge in [0.15, 0.2) is 0 Å². The lowest BCUT2D eigenvalue weighted by Crippen LogP contribution is -2.62. The number of amides is 1. The topological polar surface area (TPSA) is 113 Å². The molecule has 0 unspecified atom stereocenters. The van der Waals surface area contributed by atoms with E-state index in [4.69, 9.17) is 4.74 Å². The normalized spacial score (nSPS) is 41.7. The van der Waals surface area contributed by atoms with Crippen LogP contribution in [-0.4, -0.2) is 43.5 Å². The van der Waals surface area contributed by atoms with Crippen LogP contribution < -0.4 is 4.72 Å². The van der Waals surface area contributed by atoms with Gasteiger partial charge in [-0.25, -0.2) is 17.9 Å². The van der Waals surface area contributed by atoms with E-state index < -0.39 is 16.1 Å². The van der Waals surface area contributed by atoms with Gasteiger partial charge in [-0.2, -0.15) is 0 Å². The Morgan fingerprint density at radius 2 is 1.69 bits per heavy atom. The molecule has 0 aliphatic heterocycles. The average Bonchev–Trinajstić information content (AvgIpc) is 3.24. The van der Waals surface area contributed by atoms with Gasteiger partial charge in [0.05, 0.1) is 23.7 Å². The minimum absolute atomic E-state index is 0.0299. The zero-order chi connectivity index (χ0) is 28.0. The maximum absolute atomic E-state index is 12.4. The molecule has 10 atom stereocenters. The van der Waals surface area contributed by atoms with Crippen molar-refractivity contribution in [1.82, 2.24) is 4.72 Å². The number of carbonyl (C=O) groups excluding carboxylic acids is 1. The Morgan fingerprint density at radius 3 is 2.41 bits per heavy atom. The second kappa shape index (κ2) is 11.0. The smallest absolute Gasteiger partial charge is 0.421 e. The number of sulfonamides is 1. The molecule has 39 heavy (non-hydrogen) atoms. The second-order valence-electron chi connectivity index (χ2n) is 13.4. The van der Waals surface area contributed by atoms with Gasteiger partial charge >= 0.3 is 6.09 Å². The third-order valence-corrected chi connectivity index (χ3v) is 13.1. The summed E-state index contributed by atoms with van der Waals surface area (Å²) in [5.74, 6) is 2.50. The molecule has 4 aliphatic carbocycles. The Labute approximate surface area is 234 Å². The molecule has 3 N–H and O–H groups in total. The van der Waals surface area contributed by atoms with Crippen LogP contribution in [0.2, 0.25) is 0 Å². The Hall–Kier alpha value is -1.64. The van der Waals surface area contributed by atoms with Gasteiger partial charge in [0.1, 0.15) is 0 Å². The number of carbonyl (C=O) groups is 1. The van der Waals surface area contributed by atoms with Crippen molar-refractivity contribution in [2.45, 2.75) is 102 Å². The molecule has 4 fully saturated rings. The highest BCUT2D eigenvalue weighted by Crippen LogP contribution is 2.69. The highest BCUT2D eigenvalue weighted by atomic mass is 32.2. The van der Waals surface area contributed by atoms with E-state index in [9.17, 15) is 23.4 Å². The van der Waals surface area contributed by atoms with Crippen LogP contribution in [0.1, 0.15) is 85.0 Å². The Bertz CT molecular complexity index is 1130. The van der Waals surface area contributed by atoms with Gasteiger partial charge in [0.2, 0.25) is 0 Å². The first-order chi connectivity index (χ1) is 18.5. The van der Waals surface area contributed by atoms with Crippen LogP contribution in [0.25, 0.3) is 0 Å². The van der Waals surface area contributed by atoms with Gasteiger partial charge in [-0.1, -0.05) is 45.4 Å². The van der Waals surface area contributed by atoms with Crippen molar-refractivity contribution in [1.29, 1.82) is 0 Å². The number of aliphatic hydroxyl groups excluding tert-OH is 2. The summed E-state index contributed by atoms with van der Waals surface area (Å²) < 4.78 is 32.0. The van der Waals surface area contributed by atoms with Crippen LogP contribution in [0.15, 0.2) is 35.2 Å². The summed E-state index contributed by atoms with van der Waals surface area (Å²) in [5, 5.41) is 22.3. The lowest BCUT2D eigenvalue weighted by Gasteiger charge is -2.64. The first kappa shape index (κ1) is 28.9. The lowest BCUT2D eigenvalue weighted by atomic mass is 9.41. The van der Waals surface area contributed by atoms with Crippen molar-refractivity contribution < 1.29 is 28.2 Å². The molecule has 4 saturated carbocycles. The molecule has 1 aromatic carbocycles. The van der Waals surface area contributed by atoms with Gasteiger partial charge < -0.3 is 14.9 Å². The number of hydrogen-bond acceptors (Lipinski definition) is 6. The molecule has 5 rings (SSSR count). The van der Waals surface area contributed by atoms with Crippen molar-refractivity contribution in [3.63, 3.8) is 0 Å². The van der Waals surface area contributed by atoms with Crippen molar-refractivity contribution in [2.75, 3.05) is 6.61 Å². The highest BCUT2D eigenvalue weighted by molar-refractivity contribution is 7.90. The molecule has 0 heterocycles. The molecule has 7 nitrogen and oxygen atoms in total. The minimum atomic E-state index is -3.94. The summed E-state index contributed by atoms with van der Waals surface area (Å²) in [6.45, 7) is 7.28. The van der Waals surface area contributed by atoms with Crippen LogP contribution in [0.4, 0.5) is 4.79 Å². The third-order valence-electron chi connectivity index (χ3n) is 11.8. The SMILES string of the molecule is CC[C@H]1[C@@H](O)[C@@H]2[C@H](CC[C@]3(C)[C@@H](CCCOC(=O)NS(=O)(=O)c4ccccc4)CC[C@@H]23)[C@@]2(C)CC[C@@H](O)C[C@@H]12. The zero-order valence-corrected chi connectivity index (χ0v) is 24.5. The van der Waals surface area contributed by atoms with Crippen LogP contribution in [0.3, 0.4) is 0 Å². The molecule has 1 amide bonds. The molecule has 0 radical (unpaired) electrons. The molecule has 0 saturated heterocycles. The maximum atomic E-state index is 12.4. The molecular formula is C31H47NO6S. The highest BCUT2D eigenvalue weighted by Gasteiger charge is 2.64. The van der Waals surface area contributed by atoms with E-state index in [1.54, 1.807) is 18.2 Å². The van der Waals surface area contributed by atoms with Gasteiger partial charge in [-0.3, -0.25) is 0 Å². The summed E-state index contributed by atoms with van der Waals surface area (Å²) in [4.78, 5) is 12.2. The maximum Gasteiger partial charge on any atom is 0.421 e. The van der Waals surface area contributed by atoms with E-state index >= 15 is 0 Å². The summed E-state index contributed by atoms with van der Waals surface area (Å²) in [5.41, 5.74) is 0.362. The monoisotopic (exact) mass is 561 g/mol. The van der Waals surface area contributed by atoms with E-state index in [2.05, 4.69) is 20.8 Å². The van der Waals surface area contributed by atoms with Crippen molar-refractivity contribution in [3.8, 4) is 0 Å². The molecule has 1 aromatic rings. The van der Waals surface area contributed by atoms with Crippen LogP contribution in [0.5, 0.6) is 0 Å². The summed E-state index contributed by atoms with van der Waals surface area (Å²) in [6.07, 6.45) is 8.46. The third kappa shape index (κ3) is 5.14. The number of rotatable bonds is 7. The Balaban J connectivity index is 1.19. The van der Waals surface area contributed by atoms with Gasteiger partial charge in [-0.05, 0) is 116 Å². The number of hydrogen-bond donors (Lipinski definition) is 3. The fourth-order valence-corrected chi connectivity index (χ4v) is 10.7. The zero-order valence-electron chi connectivity index (χ0n) is 23.7. The molecule has 8 heteroatoms. The van der Waals surface area contributed by atoms with Crippen molar-refractivity contribution in [2.24, 2.45) is 46.3 Å². The summed E-state index contributed by atoms with van der Waals surface area (Å²) in [6, 6.07) is 7.80. The molecule has 4 aliphatic rings. The number of nitrogens with one attached hydrogen (secondary N) is 1. The first-order valence-corrected chi connectivity index (χ1v) is 16.6. The van der Waals surface area contributed by atoms with E-state index in [1.807, 2.05) is 4.72 Å². The standard InChI is InChI=1S/C31H47NO6S/c1-4-23-26-19-21(33)14-16-31(26,3)25-15-17-30(2)20(12-13-24(30)27(25)28(23)34)9-8-18-38-29(35)32-39(36,37)22-10-6-5-7-11-22/h5-7,10-11,20-21,23-28,33-34H,4,8-9,12-19H2,1-3H3,(H,32,35)/t20-,21+,23+,24-,25-,26-,27-,28+,30+,31+/m0/s1. The first-order valence-electron chi connectivity index (χ1n) is 15.1. The van der Waals surface area contributed by atoms with Crippen LogP contribution in [-0.2, 0) is 14.8 Å².